The highest BCUT2D eigenvalue weighted by Crippen LogP contribution is 2.21. The molecule has 2 rings (SSSR count). The van der Waals surface area contributed by atoms with Gasteiger partial charge in [0.1, 0.15) is 5.75 Å². The molecule has 1 aliphatic rings. The highest BCUT2D eigenvalue weighted by molar-refractivity contribution is 5.66. The number of carbonyl (C=O) groups is 1. The minimum Gasteiger partial charge on any atom is -0.508 e. The molecule has 18 heavy (non-hydrogen) atoms. The molecule has 0 aliphatic carbocycles. The monoisotopic (exact) mass is 250 g/mol. The Morgan fingerprint density at radius 2 is 1.94 bits per heavy atom. The Balaban J connectivity index is 1.85. The van der Waals surface area contributed by atoms with E-state index in [2.05, 4.69) is 9.80 Å². The summed E-state index contributed by atoms with van der Waals surface area (Å²) in [6.07, 6.45) is 0.201. The van der Waals surface area contributed by atoms with Gasteiger partial charge in [0.15, 0.2) is 0 Å². The van der Waals surface area contributed by atoms with Crippen molar-refractivity contribution in [1.29, 1.82) is 0 Å². The number of aliphatic carboxylic acids is 1. The second-order valence-electron chi connectivity index (χ2n) is 4.49. The van der Waals surface area contributed by atoms with Crippen LogP contribution in [0, 0.1) is 0 Å². The molecule has 0 unspecified atom stereocenters. The number of hydrogen-bond donors (Lipinski definition) is 2. The zero-order chi connectivity index (χ0) is 13.0. The van der Waals surface area contributed by atoms with Gasteiger partial charge in [-0.15, -0.1) is 0 Å². The van der Waals surface area contributed by atoms with E-state index in [1.807, 2.05) is 12.1 Å². The predicted molar refractivity (Wildman–Crippen MR) is 69.0 cm³/mol. The molecule has 0 spiro atoms. The van der Waals surface area contributed by atoms with Crippen LogP contribution in [0.1, 0.15) is 6.42 Å². The van der Waals surface area contributed by atoms with E-state index in [9.17, 15) is 9.90 Å². The van der Waals surface area contributed by atoms with Crippen LogP contribution < -0.4 is 4.90 Å². The summed E-state index contributed by atoms with van der Waals surface area (Å²) in [7, 11) is 0. The molecule has 5 heteroatoms. The van der Waals surface area contributed by atoms with Crippen LogP contribution in [-0.4, -0.2) is 53.8 Å². The van der Waals surface area contributed by atoms with E-state index in [1.165, 1.54) is 0 Å². The average Bonchev–Trinajstić information content (AvgIpc) is 2.37. The van der Waals surface area contributed by atoms with E-state index in [0.29, 0.717) is 6.54 Å². The molecule has 0 atom stereocenters. The SMILES string of the molecule is O=C(O)CCN1CCN(c2cccc(O)c2)CC1. The lowest BCUT2D eigenvalue weighted by Gasteiger charge is -2.35. The van der Waals surface area contributed by atoms with Crippen molar-refractivity contribution in [1.82, 2.24) is 4.90 Å². The van der Waals surface area contributed by atoms with Gasteiger partial charge in [0, 0.05) is 44.5 Å². The Morgan fingerprint density at radius 1 is 1.22 bits per heavy atom. The quantitative estimate of drug-likeness (QED) is 0.834. The number of hydrogen-bond acceptors (Lipinski definition) is 4. The Bertz CT molecular complexity index is 414. The van der Waals surface area contributed by atoms with Crippen LogP contribution in [0.5, 0.6) is 5.75 Å². The third kappa shape index (κ3) is 3.37. The first-order chi connectivity index (χ1) is 8.65. The maximum atomic E-state index is 10.5. The normalized spacial score (nSPS) is 16.8. The van der Waals surface area contributed by atoms with Crippen LogP contribution in [0.2, 0.25) is 0 Å². The van der Waals surface area contributed by atoms with Crippen LogP contribution in [0.25, 0.3) is 0 Å². The molecule has 0 saturated carbocycles. The van der Waals surface area contributed by atoms with E-state index < -0.39 is 5.97 Å². The number of carboxylic acids is 1. The van der Waals surface area contributed by atoms with Gasteiger partial charge in [-0.25, -0.2) is 0 Å². The second-order valence-corrected chi connectivity index (χ2v) is 4.49. The van der Waals surface area contributed by atoms with Gasteiger partial charge >= 0.3 is 5.97 Å². The number of benzene rings is 1. The zero-order valence-electron chi connectivity index (χ0n) is 10.2. The van der Waals surface area contributed by atoms with Gasteiger partial charge in [-0.3, -0.25) is 9.69 Å². The summed E-state index contributed by atoms with van der Waals surface area (Å²) in [4.78, 5) is 14.9. The topological polar surface area (TPSA) is 64.0 Å². The highest BCUT2D eigenvalue weighted by Gasteiger charge is 2.17. The minimum atomic E-state index is -0.745. The van der Waals surface area contributed by atoms with Crippen LogP contribution in [0.3, 0.4) is 0 Å². The number of rotatable bonds is 4. The molecule has 1 aromatic rings. The fourth-order valence-electron chi connectivity index (χ4n) is 2.17. The second kappa shape index (κ2) is 5.73. The number of phenolic OH excluding ortho intramolecular Hbond substituents is 1. The van der Waals surface area contributed by atoms with Crippen molar-refractivity contribution in [2.45, 2.75) is 6.42 Å². The molecule has 1 aromatic carbocycles. The maximum absolute atomic E-state index is 10.5. The van der Waals surface area contributed by atoms with E-state index in [0.717, 1.165) is 31.9 Å². The first-order valence-corrected chi connectivity index (χ1v) is 6.13. The third-order valence-electron chi connectivity index (χ3n) is 3.21. The zero-order valence-corrected chi connectivity index (χ0v) is 10.2. The molecule has 1 aliphatic heterocycles. The summed E-state index contributed by atoms with van der Waals surface area (Å²) in [5.74, 6) is -0.466. The minimum absolute atomic E-state index is 0.201. The molecule has 1 heterocycles. The lowest BCUT2D eigenvalue weighted by Crippen LogP contribution is -2.46. The van der Waals surface area contributed by atoms with Gasteiger partial charge in [0.05, 0.1) is 6.42 Å². The first-order valence-electron chi connectivity index (χ1n) is 6.13. The smallest absolute Gasteiger partial charge is 0.304 e. The maximum Gasteiger partial charge on any atom is 0.304 e. The molecule has 2 N–H and O–H groups in total. The fraction of sp³-hybridized carbons (Fsp3) is 0.462. The van der Waals surface area contributed by atoms with E-state index in [1.54, 1.807) is 12.1 Å². The van der Waals surface area contributed by atoms with E-state index >= 15 is 0 Å². The van der Waals surface area contributed by atoms with Gasteiger partial charge in [0.25, 0.3) is 0 Å². The summed E-state index contributed by atoms with van der Waals surface area (Å²) >= 11 is 0. The Labute approximate surface area is 106 Å². The molecule has 0 amide bonds. The molecule has 1 saturated heterocycles. The molecular weight excluding hydrogens is 232 g/mol. The standard InChI is InChI=1S/C13H18N2O3/c16-12-3-1-2-11(10-12)15-8-6-14(7-9-15)5-4-13(17)18/h1-3,10,16H,4-9H2,(H,17,18). The summed E-state index contributed by atoms with van der Waals surface area (Å²) in [5.41, 5.74) is 1.02. The molecule has 98 valence electrons. The molecule has 0 radical (unpaired) electrons. The number of nitrogens with zero attached hydrogens (tertiary/aromatic N) is 2. The van der Waals surface area contributed by atoms with Crippen LogP contribution in [0.15, 0.2) is 24.3 Å². The highest BCUT2D eigenvalue weighted by atomic mass is 16.4. The van der Waals surface area contributed by atoms with Crippen molar-refractivity contribution in [2.75, 3.05) is 37.6 Å². The summed E-state index contributed by atoms with van der Waals surface area (Å²) < 4.78 is 0. The number of anilines is 1. The molecule has 0 aromatic heterocycles. The van der Waals surface area contributed by atoms with Gasteiger partial charge in [-0.2, -0.15) is 0 Å². The van der Waals surface area contributed by atoms with Crippen LogP contribution in [0.4, 0.5) is 5.69 Å². The van der Waals surface area contributed by atoms with E-state index in [4.69, 9.17) is 5.11 Å². The Kier molecular flexibility index (Phi) is 4.04. The van der Waals surface area contributed by atoms with Gasteiger partial charge in [-0.05, 0) is 12.1 Å². The Hall–Kier alpha value is -1.75. The van der Waals surface area contributed by atoms with Gasteiger partial charge in [-0.1, -0.05) is 6.07 Å². The fourth-order valence-corrected chi connectivity index (χ4v) is 2.17. The van der Waals surface area contributed by atoms with Crippen molar-refractivity contribution < 1.29 is 15.0 Å². The Morgan fingerprint density at radius 3 is 2.56 bits per heavy atom. The number of carboxylic acid groups (broad SMARTS) is 1. The van der Waals surface area contributed by atoms with Crippen LogP contribution >= 0.6 is 0 Å². The molecular formula is C13H18N2O3. The number of phenols is 1. The van der Waals surface area contributed by atoms with E-state index in [-0.39, 0.29) is 12.2 Å². The lowest BCUT2D eigenvalue weighted by atomic mass is 10.2. The molecule has 0 bridgehead atoms. The predicted octanol–water partition coefficient (Wildman–Crippen LogP) is 0.989. The van der Waals surface area contributed by atoms with Crippen molar-refractivity contribution in [3.63, 3.8) is 0 Å². The summed E-state index contributed by atoms with van der Waals surface area (Å²) in [6.45, 7) is 4.07. The van der Waals surface area contributed by atoms with Crippen LogP contribution in [-0.2, 0) is 4.79 Å². The molecule has 5 nitrogen and oxygen atoms in total. The summed E-state index contributed by atoms with van der Waals surface area (Å²) in [5, 5.41) is 18.1. The van der Waals surface area contributed by atoms with Crippen molar-refractivity contribution in [3.8, 4) is 5.75 Å². The van der Waals surface area contributed by atoms with Crippen molar-refractivity contribution in [2.24, 2.45) is 0 Å². The summed E-state index contributed by atoms with van der Waals surface area (Å²) in [6, 6.07) is 7.23. The average molecular weight is 250 g/mol. The van der Waals surface area contributed by atoms with Crippen molar-refractivity contribution in [3.05, 3.63) is 24.3 Å². The van der Waals surface area contributed by atoms with Gasteiger partial charge < -0.3 is 15.1 Å². The first kappa shape index (κ1) is 12.7. The lowest BCUT2D eigenvalue weighted by molar-refractivity contribution is -0.137. The third-order valence-corrected chi connectivity index (χ3v) is 3.21. The largest absolute Gasteiger partial charge is 0.508 e. The molecule has 1 fully saturated rings. The van der Waals surface area contributed by atoms with Gasteiger partial charge in [0.2, 0.25) is 0 Å². The van der Waals surface area contributed by atoms with Crippen molar-refractivity contribution >= 4 is 11.7 Å². The number of piperazine rings is 1. The number of aromatic hydroxyl groups is 1.